The predicted molar refractivity (Wildman–Crippen MR) is 92.5 cm³/mol. The molecule has 1 fully saturated rings. The van der Waals surface area contributed by atoms with Crippen LogP contribution in [0.1, 0.15) is 41.0 Å². The minimum absolute atomic E-state index is 0.335. The van der Waals surface area contributed by atoms with Crippen LogP contribution in [0.5, 0.6) is 0 Å². The summed E-state index contributed by atoms with van der Waals surface area (Å²) in [6.07, 6.45) is 5.27. The average molecular weight is 331 g/mol. The lowest BCUT2D eigenvalue weighted by molar-refractivity contribution is 0.259. The van der Waals surface area contributed by atoms with E-state index in [0.717, 1.165) is 17.4 Å². The standard InChI is InChI=1S/C12H11N.C7H6N4O/c13-7-8-1-4-11-9(5-8)2-3-10-6-12(10)11;8-3-5-1-2-6(10-4-5)11-7(9)12/h1,4-5,10,12H,2-3,6H2;1-2,4H,(H3,9,10,11,12)/t10-,12+;/m0./s1. The lowest BCUT2D eigenvalue weighted by Crippen LogP contribution is -2.19. The van der Waals surface area contributed by atoms with Gasteiger partial charge in [-0.2, -0.15) is 10.5 Å². The van der Waals surface area contributed by atoms with Gasteiger partial charge >= 0.3 is 6.03 Å². The fourth-order valence-electron chi connectivity index (χ4n) is 3.20. The number of fused-ring (bicyclic) bond motifs is 3. The number of hydrogen-bond donors (Lipinski definition) is 2. The van der Waals surface area contributed by atoms with Crippen LogP contribution in [-0.4, -0.2) is 11.0 Å². The molecule has 0 saturated heterocycles. The molecule has 124 valence electrons. The van der Waals surface area contributed by atoms with Crippen molar-refractivity contribution in [1.29, 1.82) is 10.5 Å². The molecular weight excluding hydrogens is 314 g/mol. The molecule has 0 bridgehead atoms. The molecule has 25 heavy (non-hydrogen) atoms. The van der Waals surface area contributed by atoms with Crippen LogP contribution in [-0.2, 0) is 6.42 Å². The van der Waals surface area contributed by atoms with E-state index in [4.69, 9.17) is 16.3 Å². The van der Waals surface area contributed by atoms with Gasteiger partial charge in [-0.1, -0.05) is 6.07 Å². The number of primary amides is 1. The maximum atomic E-state index is 10.3. The van der Waals surface area contributed by atoms with Crippen molar-refractivity contribution in [2.75, 3.05) is 5.32 Å². The Labute approximate surface area is 145 Å². The van der Waals surface area contributed by atoms with E-state index < -0.39 is 6.03 Å². The zero-order valence-corrected chi connectivity index (χ0v) is 13.6. The number of nitrogens with two attached hydrogens (primary N) is 1. The van der Waals surface area contributed by atoms with E-state index in [1.165, 1.54) is 48.7 Å². The highest BCUT2D eigenvalue weighted by atomic mass is 16.2. The van der Waals surface area contributed by atoms with Gasteiger partial charge in [0.25, 0.3) is 0 Å². The summed E-state index contributed by atoms with van der Waals surface area (Å²) in [5.41, 5.74) is 9.04. The maximum Gasteiger partial charge on any atom is 0.317 e. The van der Waals surface area contributed by atoms with Crippen LogP contribution >= 0.6 is 0 Å². The highest BCUT2D eigenvalue weighted by Gasteiger charge is 2.41. The molecule has 0 aliphatic heterocycles. The number of hydrogen-bond acceptors (Lipinski definition) is 4. The van der Waals surface area contributed by atoms with E-state index >= 15 is 0 Å². The van der Waals surface area contributed by atoms with Crippen molar-refractivity contribution in [2.24, 2.45) is 11.7 Å². The first-order chi connectivity index (χ1) is 12.1. The van der Waals surface area contributed by atoms with Crippen molar-refractivity contribution in [3.63, 3.8) is 0 Å². The summed E-state index contributed by atoms with van der Waals surface area (Å²) < 4.78 is 0. The van der Waals surface area contributed by atoms with Crippen molar-refractivity contribution in [2.45, 2.75) is 25.2 Å². The van der Waals surface area contributed by atoms with Gasteiger partial charge in [0, 0.05) is 6.20 Å². The maximum absolute atomic E-state index is 10.3. The van der Waals surface area contributed by atoms with Gasteiger partial charge in [0.1, 0.15) is 11.9 Å². The van der Waals surface area contributed by atoms with Gasteiger partial charge < -0.3 is 5.73 Å². The van der Waals surface area contributed by atoms with E-state index in [-0.39, 0.29) is 0 Å². The Bertz CT molecular complexity index is 876. The van der Waals surface area contributed by atoms with Gasteiger partial charge in [-0.3, -0.25) is 5.32 Å². The van der Waals surface area contributed by atoms with Crippen molar-refractivity contribution in [1.82, 2.24) is 4.98 Å². The fraction of sp³-hybridized carbons (Fsp3) is 0.263. The van der Waals surface area contributed by atoms with E-state index in [2.05, 4.69) is 28.5 Å². The SMILES string of the molecule is N#Cc1ccc(NC(N)=O)nc1.N#Cc1ccc2c(c1)CC[C@H]1C[C@@H]21. The van der Waals surface area contributed by atoms with E-state index in [9.17, 15) is 4.79 Å². The number of benzene rings is 1. The zero-order valence-electron chi connectivity index (χ0n) is 13.6. The summed E-state index contributed by atoms with van der Waals surface area (Å²) >= 11 is 0. The van der Waals surface area contributed by atoms with Crippen molar-refractivity contribution in [3.8, 4) is 12.1 Å². The number of pyridine rings is 1. The van der Waals surface area contributed by atoms with Gasteiger partial charge in [0.15, 0.2) is 0 Å². The lowest BCUT2D eigenvalue weighted by Gasteiger charge is -2.14. The number of anilines is 1. The molecule has 1 aromatic heterocycles. The van der Waals surface area contributed by atoms with Gasteiger partial charge in [-0.15, -0.1) is 0 Å². The van der Waals surface area contributed by atoms with E-state index in [1.54, 1.807) is 0 Å². The molecule has 2 aliphatic rings. The summed E-state index contributed by atoms with van der Waals surface area (Å²) in [7, 11) is 0. The molecule has 6 heteroatoms. The Balaban J connectivity index is 0.000000147. The second-order valence-electron chi connectivity index (χ2n) is 6.20. The summed E-state index contributed by atoms with van der Waals surface area (Å²) in [5, 5.41) is 19.4. The first-order valence-electron chi connectivity index (χ1n) is 8.06. The molecule has 2 atom stereocenters. The van der Waals surface area contributed by atoms with Crippen LogP contribution in [0.2, 0.25) is 0 Å². The molecule has 0 unspecified atom stereocenters. The van der Waals surface area contributed by atoms with Crippen LogP contribution in [0, 0.1) is 28.6 Å². The number of rotatable bonds is 1. The van der Waals surface area contributed by atoms with Gasteiger partial charge in [0.2, 0.25) is 0 Å². The second-order valence-corrected chi connectivity index (χ2v) is 6.20. The van der Waals surface area contributed by atoms with Crippen LogP contribution in [0.15, 0.2) is 36.5 Å². The minimum Gasteiger partial charge on any atom is -0.351 e. The number of urea groups is 1. The molecule has 0 radical (unpaired) electrons. The third-order valence-electron chi connectivity index (χ3n) is 4.52. The zero-order chi connectivity index (χ0) is 17.8. The number of aryl methyl sites for hydroxylation is 1. The number of nitriles is 2. The molecule has 1 aromatic carbocycles. The number of nitrogens with zero attached hydrogens (tertiary/aromatic N) is 3. The first-order valence-corrected chi connectivity index (χ1v) is 8.06. The molecule has 2 aliphatic carbocycles. The molecule has 2 amide bonds. The minimum atomic E-state index is -0.674. The Morgan fingerprint density at radius 3 is 2.60 bits per heavy atom. The average Bonchev–Trinajstić information content (AvgIpc) is 3.42. The summed E-state index contributed by atoms with van der Waals surface area (Å²) in [6.45, 7) is 0. The molecule has 2 aromatic rings. The molecule has 3 N–H and O–H groups in total. The van der Waals surface area contributed by atoms with Crippen molar-refractivity contribution in [3.05, 3.63) is 58.8 Å². The Hall–Kier alpha value is -3.38. The van der Waals surface area contributed by atoms with E-state index in [1.807, 2.05) is 12.1 Å². The summed E-state index contributed by atoms with van der Waals surface area (Å²) in [4.78, 5) is 14.1. The number of aromatic nitrogens is 1. The Morgan fingerprint density at radius 1 is 1.20 bits per heavy atom. The third-order valence-corrected chi connectivity index (χ3v) is 4.52. The highest BCUT2D eigenvalue weighted by Crippen LogP contribution is 2.54. The largest absolute Gasteiger partial charge is 0.351 e. The van der Waals surface area contributed by atoms with Gasteiger partial charge in [-0.25, -0.2) is 9.78 Å². The molecule has 1 heterocycles. The quantitative estimate of drug-likeness (QED) is 0.835. The number of nitrogens with one attached hydrogen (secondary N) is 1. The molecule has 1 saturated carbocycles. The monoisotopic (exact) mass is 331 g/mol. The summed E-state index contributed by atoms with van der Waals surface area (Å²) in [6, 6.07) is 12.7. The molecule has 6 nitrogen and oxygen atoms in total. The number of carbonyl (C=O) groups excluding carboxylic acids is 1. The van der Waals surface area contributed by atoms with E-state index in [0.29, 0.717) is 11.4 Å². The smallest absolute Gasteiger partial charge is 0.317 e. The predicted octanol–water partition coefficient (Wildman–Crippen LogP) is 3.05. The van der Waals surface area contributed by atoms with Gasteiger partial charge in [0.05, 0.1) is 17.2 Å². The van der Waals surface area contributed by atoms with Crippen LogP contribution in [0.3, 0.4) is 0 Å². The topological polar surface area (TPSA) is 116 Å². The first kappa shape index (κ1) is 16.5. The highest BCUT2D eigenvalue weighted by molar-refractivity contribution is 5.86. The lowest BCUT2D eigenvalue weighted by atomic mass is 9.90. The van der Waals surface area contributed by atoms with Crippen LogP contribution in [0.25, 0.3) is 0 Å². The number of carbonyl (C=O) groups is 1. The van der Waals surface area contributed by atoms with Crippen molar-refractivity contribution < 1.29 is 4.79 Å². The van der Waals surface area contributed by atoms with Crippen LogP contribution in [0.4, 0.5) is 10.6 Å². The Kier molecular flexibility index (Phi) is 4.63. The normalized spacial score (nSPS) is 19.0. The second kappa shape index (κ2) is 7.02. The van der Waals surface area contributed by atoms with Crippen LogP contribution < -0.4 is 11.1 Å². The molecule has 4 rings (SSSR count). The number of amides is 2. The fourth-order valence-corrected chi connectivity index (χ4v) is 3.20. The third kappa shape index (κ3) is 3.94. The summed E-state index contributed by atoms with van der Waals surface area (Å²) in [5.74, 6) is 2.15. The van der Waals surface area contributed by atoms with Gasteiger partial charge in [-0.05, 0) is 66.5 Å². The van der Waals surface area contributed by atoms with Crippen molar-refractivity contribution >= 4 is 11.8 Å². The Morgan fingerprint density at radius 2 is 1.96 bits per heavy atom. The molecular formula is C19H17N5O. The molecule has 0 spiro atoms.